The SMILES string of the molecule is Cn1cc(/C=C/C(=O)N2CCN(C/C=C/c3ccccc3)CC2)c(=O)n(C)c1=O. The van der Waals surface area contributed by atoms with Gasteiger partial charge in [-0.3, -0.25) is 19.1 Å². The molecule has 7 nitrogen and oxygen atoms in total. The number of hydrogen-bond acceptors (Lipinski definition) is 4. The van der Waals surface area contributed by atoms with Gasteiger partial charge in [-0.25, -0.2) is 4.79 Å². The Morgan fingerprint density at radius 1 is 1.00 bits per heavy atom. The highest BCUT2D eigenvalue weighted by Gasteiger charge is 2.18. The van der Waals surface area contributed by atoms with E-state index >= 15 is 0 Å². The summed E-state index contributed by atoms with van der Waals surface area (Å²) in [6, 6.07) is 10.2. The van der Waals surface area contributed by atoms with Crippen molar-refractivity contribution in [2.75, 3.05) is 32.7 Å². The largest absolute Gasteiger partial charge is 0.337 e. The normalized spacial score (nSPS) is 15.4. The summed E-state index contributed by atoms with van der Waals surface area (Å²) in [4.78, 5) is 40.4. The number of amides is 1. The third kappa shape index (κ3) is 5.20. The molecule has 3 rings (SSSR count). The van der Waals surface area contributed by atoms with Crippen LogP contribution in [0.4, 0.5) is 0 Å². The van der Waals surface area contributed by atoms with Crippen molar-refractivity contribution in [3.63, 3.8) is 0 Å². The van der Waals surface area contributed by atoms with Gasteiger partial charge in [0.15, 0.2) is 0 Å². The molecule has 0 unspecified atom stereocenters. The first kappa shape index (κ1) is 20.5. The number of hydrogen-bond donors (Lipinski definition) is 0. The second kappa shape index (κ2) is 9.34. The van der Waals surface area contributed by atoms with E-state index in [1.165, 1.54) is 35.5 Å². The molecule has 1 aromatic heterocycles. The van der Waals surface area contributed by atoms with E-state index in [9.17, 15) is 14.4 Å². The lowest BCUT2D eigenvalue weighted by molar-refractivity contribution is -0.127. The summed E-state index contributed by atoms with van der Waals surface area (Å²) >= 11 is 0. The second-order valence-electron chi connectivity index (χ2n) is 7.11. The van der Waals surface area contributed by atoms with Crippen LogP contribution in [0.15, 0.2) is 58.3 Å². The van der Waals surface area contributed by atoms with Gasteiger partial charge in [0.1, 0.15) is 0 Å². The van der Waals surface area contributed by atoms with E-state index in [-0.39, 0.29) is 5.91 Å². The van der Waals surface area contributed by atoms with Crippen LogP contribution in [0.5, 0.6) is 0 Å². The summed E-state index contributed by atoms with van der Waals surface area (Å²) in [6.07, 6.45) is 8.59. The van der Waals surface area contributed by atoms with Gasteiger partial charge in [0, 0.05) is 59.1 Å². The highest BCUT2D eigenvalue weighted by Crippen LogP contribution is 2.06. The Morgan fingerprint density at radius 3 is 2.38 bits per heavy atom. The Hall–Kier alpha value is -3.19. The van der Waals surface area contributed by atoms with Crippen LogP contribution in [-0.2, 0) is 18.9 Å². The predicted octanol–water partition coefficient (Wildman–Crippen LogP) is 0.955. The quantitative estimate of drug-likeness (QED) is 0.709. The van der Waals surface area contributed by atoms with Crippen LogP contribution in [0.3, 0.4) is 0 Å². The molecule has 1 aliphatic rings. The maximum absolute atomic E-state index is 12.5. The van der Waals surface area contributed by atoms with Gasteiger partial charge in [0.25, 0.3) is 5.56 Å². The lowest BCUT2D eigenvalue weighted by Crippen LogP contribution is -2.48. The number of carbonyl (C=O) groups is 1. The van der Waals surface area contributed by atoms with Crippen molar-refractivity contribution >= 4 is 18.1 Å². The molecular weight excluding hydrogens is 368 g/mol. The number of piperazine rings is 1. The number of rotatable bonds is 5. The topological polar surface area (TPSA) is 67.6 Å². The minimum absolute atomic E-state index is 0.125. The third-order valence-corrected chi connectivity index (χ3v) is 5.04. The summed E-state index contributed by atoms with van der Waals surface area (Å²) < 4.78 is 2.36. The molecule has 1 amide bonds. The number of nitrogens with zero attached hydrogens (tertiary/aromatic N) is 4. The zero-order valence-corrected chi connectivity index (χ0v) is 16.8. The molecule has 0 radical (unpaired) electrons. The maximum Gasteiger partial charge on any atom is 0.330 e. The third-order valence-electron chi connectivity index (χ3n) is 5.04. The number of aromatic nitrogens is 2. The molecule has 1 saturated heterocycles. The van der Waals surface area contributed by atoms with Crippen LogP contribution in [0.25, 0.3) is 12.2 Å². The first-order valence-corrected chi connectivity index (χ1v) is 9.63. The fraction of sp³-hybridized carbons (Fsp3) is 0.318. The van der Waals surface area contributed by atoms with Crippen LogP contribution in [-0.4, -0.2) is 57.6 Å². The zero-order valence-electron chi connectivity index (χ0n) is 16.8. The van der Waals surface area contributed by atoms with Crippen molar-refractivity contribution in [1.29, 1.82) is 0 Å². The van der Waals surface area contributed by atoms with Crippen molar-refractivity contribution in [2.45, 2.75) is 0 Å². The van der Waals surface area contributed by atoms with Gasteiger partial charge >= 0.3 is 5.69 Å². The van der Waals surface area contributed by atoms with Crippen LogP contribution < -0.4 is 11.2 Å². The first-order chi connectivity index (χ1) is 14.0. The van der Waals surface area contributed by atoms with E-state index in [1.807, 2.05) is 18.2 Å². The van der Waals surface area contributed by atoms with Crippen molar-refractivity contribution in [3.05, 3.63) is 80.6 Å². The molecule has 1 aliphatic heterocycles. The Balaban J connectivity index is 1.53. The molecule has 29 heavy (non-hydrogen) atoms. The van der Waals surface area contributed by atoms with Gasteiger partial charge in [-0.15, -0.1) is 0 Å². The van der Waals surface area contributed by atoms with Gasteiger partial charge in [0.05, 0.1) is 5.56 Å². The number of carbonyl (C=O) groups excluding carboxylic acids is 1. The van der Waals surface area contributed by atoms with Crippen LogP contribution in [0, 0.1) is 0 Å². The highest BCUT2D eigenvalue weighted by atomic mass is 16.2. The van der Waals surface area contributed by atoms with Crippen molar-refractivity contribution < 1.29 is 4.79 Å². The van der Waals surface area contributed by atoms with E-state index in [0.29, 0.717) is 18.7 Å². The predicted molar refractivity (Wildman–Crippen MR) is 114 cm³/mol. The van der Waals surface area contributed by atoms with E-state index in [1.54, 1.807) is 11.9 Å². The average Bonchev–Trinajstić information content (AvgIpc) is 2.75. The molecule has 0 saturated carbocycles. The number of benzene rings is 1. The molecule has 7 heteroatoms. The fourth-order valence-electron chi connectivity index (χ4n) is 3.27. The van der Waals surface area contributed by atoms with E-state index in [0.717, 1.165) is 24.2 Å². The molecule has 0 atom stereocenters. The van der Waals surface area contributed by atoms with Crippen molar-refractivity contribution in [2.24, 2.45) is 14.1 Å². The summed E-state index contributed by atoms with van der Waals surface area (Å²) in [7, 11) is 3.00. The Bertz CT molecular complexity index is 1030. The lowest BCUT2D eigenvalue weighted by Gasteiger charge is -2.33. The number of aryl methyl sites for hydroxylation is 1. The first-order valence-electron chi connectivity index (χ1n) is 9.63. The smallest absolute Gasteiger partial charge is 0.330 e. The van der Waals surface area contributed by atoms with E-state index < -0.39 is 11.2 Å². The monoisotopic (exact) mass is 394 g/mol. The molecule has 152 valence electrons. The van der Waals surface area contributed by atoms with Gasteiger partial charge < -0.3 is 9.47 Å². The molecule has 2 aromatic rings. The van der Waals surface area contributed by atoms with E-state index in [4.69, 9.17) is 0 Å². The molecular formula is C22H26N4O3. The molecule has 2 heterocycles. The minimum Gasteiger partial charge on any atom is -0.337 e. The zero-order chi connectivity index (χ0) is 20.8. The van der Waals surface area contributed by atoms with Crippen LogP contribution in [0.1, 0.15) is 11.1 Å². The van der Waals surface area contributed by atoms with Crippen molar-refractivity contribution in [3.8, 4) is 0 Å². The molecule has 1 fully saturated rings. The summed E-state index contributed by atoms with van der Waals surface area (Å²) in [5.41, 5.74) is 0.687. The summed E-state index contributed by atoms with van der Waals surface area (Å²) in [5, 5.41) is 0. The van der Waals surface area contributed by atoms with Gasteiger partial charge in [-0.2, -0.15) is 0 Å². The molecule has 0 bridgehead atoms. The fourth-order valence-corrected chi connectivity index (χ4v) is 3.27. The van der Waals surface area contributed by atoms with Crippen molar-refractivity contribution in [1.82, 2.24) is 18.9 Å². The lowest BCUT2D eigenvalue weighted by atomic mass is 10.2. The molecule has 1 aromatic carbocycles. The molecule has 0 aliphatic carbocycles. The highest BCUT2D eigenvalue weighted by molar-refractivity contribution is 5.91. The van der Waals surface area contributed by atoms with Crippen LogP contribution >= 0.6 is 0 Å². The van der Waals surface area contributed by atoms with Gasteiger partial charge in [-0.1, -0.05) is 42.5 Å². The molecule has 0 N–H and O–H groups in total. The second-order valence-corrected chi connectivity index (χ2v) is 7.11. The Morgan fingerprint density at radius 2 is 1.69 bits per heavy atom. The minimum atomic E-state index is -0.410. The Labute approximate surface area is 169 Å². The standard InChI is InChI=1S/C22H26N4O3/c1-23-17-19(21(28)24(2)22(23)29)10-11-20(27)26-15-13-25(14-16-26)12-6-9-18-7-4-3-5-8-18/h3-11,17H,12-16H2,1-2H3/b9-6+,11-10+. The maximum atomic E-state index is 12.5. The van der Waals surface area contributed by atoms with Gasteiger partial charge in [-0.05, 0) is 11.6 Å². The summed E-state index contributed by atoms with van der Waals surface area (Å²) in [5.74, 6) is -0.125. The van der Waals surface area contributed by atoms with E-state index in [2.05, 4.69) is 29.2 Å². The Kier molecular flexibility index (Phi) is 6.61. The van der Waals surface area contributed by atoms with Crippen LogP contribution in [0.2, 0.25) is 0 Å². The average molecular weight is 394 g/mol. The molecule has 0 spiro atoms. The summed E-state index contributed by atoms with van der Waals surface area (Å²) in [6.45, 7) is 3.75. The van der Waals surface area contributed by atoms with Gasteiger partial charge in [0.2, 0.25) is 5.91 Å².